The van der Waals surface area contributed by atoms with Crippen LogP contribution in [0.15, 0.2) is 65.7 Å². The van der Waals surface area contributed by atoms with E-state index in [0.29, 0.717) is 5.56 Å². The summed E-state index contributed by atoms with van der Waals surface area (Å²) in [6.07, 6.45) is 3.63. The van der Waals surface area contributed by atoms with Gasteiger partial charge in [0.1, 0.15) is 18.1 Å². The lowest BCUT2D eigenvalue weighted by atomic mass is 10.2. The Morgan fingerprint density at radius 1 is 1.00 bits per heavy atom. The van der Waals surface area contributed by atoms with Crippen molar-refractivity contribution in [3.63, 3.8) is 0 Å². The molecule has 4 rings (SSSR count). The van der Waals surface area contributed by atoms with Crippen molar-refractivity contribution in [3.8, 4) is 11.8 Å². The van der Waals surface area contributed by atoms with Crippen LogP contribution in [0, 0.1) is 11.3 Å². The quantitative estimate of drug-likeness (QED) is 0.498. The summed E-state index contributed by atoms with van der Waals surface area (Å²) in [6, 6.07) is 17.0. The summed E-state index contributed by atoms with van der Waals surface area (Å²) in [5, 5.41) is 10.9. The van der Waals surface area contributed by atoms with Crippen LogP contribution in [0.25, 0.3) is 22.0 Å². The first-order chi connectivity index (χ1) is 10.3. The molecule has 0 radical (unpaired) electrons. The van der Waals surface area contributed by atoms with E-state index in [1.165, 1.54) is 0 Å². The maximum Gasteiger partial charge on any atom is 0.508 e. The highest BCUT2D eigenvalue weighted by Crippen LogP contribution is 2.19. The second-order valence-electron chi connectivity index (χ2n) is 4.91. The highest BCUT2D eigenvalue weighted by atomic mass is 16.1. The molecule has 0 saturated heterocycles. The average molecular weight is 272 g/mol. The van der Waals surface area contributed by atoms with Gasteiger partial charge in [0.25, 0.3) is 0 Å². The van der Waals surface area contributed by atoms with Gasteiger partial charge in [-0.1, -0.05) is 12.1 Å². The van der Waals surface area contributed by atoms with Crippen LogP contribution >= 0.6 is 0 Å². The topological polar surface area (TPSA) is 49.1 Å². The van der Waals surface area contributed by atoms with Crippen LogP contribution in [0.5, 0.6) is 0 Å². The maximum atomic E-state index is 12.6. The van der Waals surface area contributed by atoms with Crippen LogP contribution < -0.4 is 10.3 Å². The van der Waals surface area contributed by atoms with Crippen molar-refractivity contribution < 1.29 is 4.57 Å². The Kier molecular flexibility index (Phi) is 2.30. The van der Waals surface area contributed by atoms with E-state index in [1.807, 2.05) is 30.5 Å². The Morgan fingerprint density at radius 3 is 2.52 bits per heavy atom. The molecule has 21 heavy (non-hydrogen) atoms. The number of nitrogens with zero attached hydrogens (tertiary/aromatic N) is 3. The van der Waals surface area contributed by atoms with Gasteiger partial charge in [0.2, 0.25) is 0 Å². The molecule has 4 aromatic rings. The van der Waals surface area contributed by atoms with Crippen molar-refractivity contribution in [2.75, 3.05) is 0 Å². The molecule has 0 unspecified atom stereocenters. The lowest BCUT2D eigenvalue weighted by Gasteiger charge is -2.01. The molecule has 2 heterocycles. The number of rotatable bonds is 1. The molecule has 98 valence electrons. The molecule has 0 spiro atoms. The summed E-state index contributed by atoms with van der Waals surface area (Å²) in [5.41, 5.74) is 2.14. The molecule has 2 aromatic heterocycles. The highest BCUT2D eigenvalue weighted by molar-refractivity contribution is 5.95. The predicted molar refractivity (Wildman–Crippen MR) is 78.6 cm³/mol. The number of hydrogen-bond acceptors (Lipinski definition) is 2. The van der Waals surface area contributed by atoms with Gasteiger partial charge in [-0.15, -0.1) is 0 Å². The second kappa shape index (κ2) is 4.15. The van der Waals surface area contributed by atoms with Crippen molar-refractivity contribution in [1.29, 1.82) is 5.26 Å². The van der Waals surface area contributed by atoms with Gasteiger partial charge >= 0.3 is 5.69 Å². The van der Waals surface area contributed by atoms with E-state index in [0.717, 1.165) is 22.0 Å². The number of para-hydroxylation sites is 1. The first-order valence-electron chi connectivity index (χ1n) is 6.56. The molecular weight excluding hydrogens is 262 g/mol. The zero-order chi connectivity index (χ0) is 14.4. The SMILES string of the molecule is N#Cc1ccc(-[n+]2cc3cccc4ccn(c2=O)c43)cc1. The highest BCUT2D eigenvalue weighted by Gasteiger charge is 2.17. The molecule has 0 amide bonds. The molecule has 4 nitrogen and oxygen atoms in total. The van der Waals surface area contributed by atoms with Crippen LogP contribution in [-0.4, -0.2) is 4.40 Å². The minimum absolute atomic E-state index is 0.117. The van der Waals surface area contributed by atoms with Crippen molar-refractivity contribution in [3.05, 3.63) is 77.0 Å². The fourth-order valence-corrected chi connectivity index (χ4v) is 2.68. The molecule has 0 bridgehead atoms. The van der Waals surface area contributed by atoms with E-state index >= 15 is 0 Å². The van der Waals surface area contributed by atoms with Crippen molar-refractivity contribution in [2.45, 2.75) is 0 Å². The summed E-state index contributed by atoms with van der Waals surface area (Å²) in [6.45, 7) is 0. The largest absolute Gasteiger partial charge is 0.508 e. The first-order valence-corrected chi connectivity index (χ1v) is 6.56. The molecular formula is C17H10N3O+. The average Bonchev–Trinajstić information content (AvgIpc) is 2.97. The number of benzene rings is 2. The van der Waals surface area contributed by atoms with E-state index < -0.39 is 0 Å². The fourth-order valence-electron chi connectivity index (χ4n) is 2.68. The third kappa shape index (κ3) is 1.61. The minimum atomic E-state index is -0.117. The van der Waals surface area contributed by atoms with Gasteiger partial charge in [-0.25, -0.2) is 0 Å². The predicted octanol–water partition coefficient (Wildman–Crippen LogP) is 2.04. The lowest BCUT2D eigenvalue weighted by Crippen LogP contribution is -2.50. The van der Waals surface area contributed by atoms with Gasteiger partial charge in [-0.05, 0) is 36.4 Å². The summed E-state index contributed by atoms with van der Waals surface area (Å²) in [7, 11) is 0. The molecule has 0 aliphatic heterocycles. The Morgan fingerprint density at radius 2 is 1.76 bits per heavy atom. The zero-order valence-corrected chi connectivity index (χ0v) is 11.0. The van der Waals surface area contributed by atoms with Crippen LogP contribution in [0.3, 0.4) is 0 Å². The monoisotopic (exact) mass is 272 g/mol. The van der Waals surface area contributed by atoms with Crippen molar-refractivity contribution in [2.24, 2.45) is 0 Å². The molecule has 4 heteroatoms. The third-order valence-electron chi connectivity index (χ3n) is 3.70. The number of hydrogen-bond donors (Lipinski definition) is 0. The number of nitriles is 1. The summed E-state index contributed by atoms with van der Waals surface area (Å²) in [5.74, 6) is 0. The van der Waals surface area contributed by atoms with Gasteiger partial charge in [-0.2, -0.15) is 19.0 Å². The van der Waals surface area contributed by atoms with E-state index in [4.69, 9.17) is 5.26 Å². The molecule has 0 N–H and O–H groups in total. The van der Waals surface area contributed by atoms with Crippen molar-refractivity contribution >= 4 is 16.3 Å². The van der Waals surface area contributed by atoms with E-state index in [2.05, 4.69) is 6.07 Å². The zero-order valence-electron chi connectivity index (χ0n) is 11.0. The van der Waals surface area contributed by atoms with E-state index in [-0.39, 0.29) is 5.69 Å². The molecule has 0 aliphatic carbocycles. The number of aromatic nitrogens is 2. The summed E-state index contributed by atoms with van der Waals surface area (Å²) in [4.78, 5) is 12.6. The normalized spacial score (nSPS) is 11.0. The van der Waals surface area contributed by atoms with Gasteiger partial charge in [0, 0.05) is 5.39 Å². The maximum absolute atomic E-state index is 12.6. The van der Waals surface area contributed by atoms with Gasteiger partial charge < -0.3 is 0 Å². The van der Waals surface area contributed by atoms with Crippen LogP contribution in [0.1, 0.15) is 5.56 Å². The Bertz CT molecular complexity index is 1060. The standard InChI is InChI=1S/C17H10N3O/c18-10-12-4-6-15(7-5-12)20-11-14-3-1-2-13-8-9-19(16(13)14)17(20)21/h1-9,11H/q+1. The molecule has 0 atom stereocenters. The minimum Gasteiger partial charge on any atom is -0.196 e. The Balaban J connectivity index is 2.06. The smallest absolute Gasteiger partial charge is 0.196 e. The Hall–Kier alpha value is -3.19. The van der Waals surface area contributed by atoms with Gasteiger partial charge in [0.05, 0.1) is 17.0 Å². The van der Waals surface area contributed by atoms with E-state index in [9.17, 15) is 4.79 Å². The lowest BCUT2D eigenvalue weighted by molar-refractivity contribution is -0.614. The molecule has 2 aromatic carbocycles. The molecule has 0 aliphatic rings. The molecule has 0 saturated carbocycles. The third-order valence-corrected chi connectivity index (χ3v) is 3.70. The first kappa shape index (κ1) is 11.6. The second-order valence-corrected chi connectivity index (χ2v) is 4.91. The Labute approximate surface area is 120 Å². The fraction of sp³-hybridized carbons (Fsp3) is 0. The summed E-state index contributed by atoms with van der Waals surface area (Å²) < 4.78 is 3.26. The summed E-state index contributed by atoms with van der Waals surface area (Å²) >= 11 is 0. The molecule has 0 fully saturated rings. The van der Waals surface area contributed by atoms with Crippen LogP contribution in [0.4, 0.5) is 0 Å². The van der Waals surface area contributed by atoms with Gasteiger partial charge in [-0.3, -0.25) is 0 Å². The van der Waals surface area contributed by atoms with Crippen molar-refractivity contribution in [1.82, 2.24) is 4.40 Å². The van der Waals surface area contributed by atoms with E-state index in [1.54, 1.807) is 39.4 Å². The van der Waals surface area contributed by atoms with Crippen LogP contribution in [-0.2, 0) is 0 Å². The van der Waals surface area contributed by atoms with Crippen LogP contribution in [0.2, 0.25) is 0 Å². The van der Waals surface area contributed by atoms with Gasteiger partial charge in [0.15, 0.2) is 5.52 Å².